The molecule has 4 saturated carbocycles. The molecule has 0 bridgehead atoms. The van der Waals surface area contributed by atoms with E-state index in [-0.39, 0.29) is 29.4 Å². The molecule has 0 aromatic heterocycles. The van der Waals surface area contributed by atoms with Gasteiger partial charge in [-0.2, -0.15) is 0 Å². The molecular weight excluding hydrogens is 402 g/mol. The smallest absolute Gasteiger partial charge is 0.220 e. The highest BCUT2D eigenvalue weighted by Gasteiger charge is 2.62. The van der Waals surface area contributed by atoms with Crippen LogP contribution in [0.25, 0.3) is 0 Å². The minimum Gasteiger partial charge on any atom is -0.393 e. The second-order valence-corrected chi connectivity index (χ2v) is 12.3. The van der Waals surface area contributed by atoms with E-state index in [1.54, 1.807) is 0 Å². The average Bonchev–Trinajstić information content (AvgIpc) is 3.11. The number of hydrogen-bond acceptors (Lipinski definition) is 4. The molecule has 0 radical (unpaired) electrons. The van der Waals surface area contributed by atoms with Crippen molar-refractivity contribution in [2.45, 2.75) is 104 Å². The summed E-state index contributed by atoms with van der Waals surface area (Å²) >= 11 is 0. The van der Waals surface area contributed by atoms with Crippen LogP contribution in [0.1, 0.15) is 91.4 Å². The van der Waals surface area contributed by atoms with E-state index >= 15 is 0 Å². The lowest BCUT2D eigenvalue weighted by Gasteiger charge is -2.62. The first kappa shape index (κ1) is 24.2. The van der Waals surface area contributed by atoms with Gasteiger partial charge in [-0.1, -0.05) is 20.8 Å². The van der Waals surface area contributed by atoms with Crippen LogP contribution < -0.4 is 5.32 Å². The first-order valence-corrected chi connectivity index (χ1v) is 13.3. The lowest BCUT2D eigenvalue weighted by Crippen LogP contribution is -2.58. The van der Waals surface area contributed by atoms with Crippen molar-refractivity contribution in [2.75, 3.05) is 6.54 Å². The van der Waals surface area contributed by atoms with Gasteiger partial charge in [0, 0.05) is 19.4 Å². The van der Waals surface area contributed by atoms with Crippen LogP contribution in [0.4, 0.5) is 0 Å². The molecule has 0 aromatic carbocycles. The highest BCUT2D eigenvalue weighted by Crippen LogP contribution is 2.68. The minimum absolute atomic E-state index is 0.0657. The summed E-state index contributed by atoms with van der Waals surface area (Å²) in [5, 5.41) is 24.3. The van der Waals surface area contributed by atoms with E-state index in [0.717, 1.165) is 38.4 Å². The number of aliphatic hydroxyl groups is 2. The molecule has 6 unspecified atom stereocenters. The van der Waals surface area contributed by atoms with Gasteiger partial charge >= 0.3 is 0 Å². The fraction of sp³-hybridized carbons (Fsp3) is 0.926. The van der Waals surface area contributed by atoms with E-state index in [1.165, 1.54) is 25.7 Å². The number of fused-ring (bicyclic) bond motifs is 5. The van der Waals surface area contributed by atoms with Gasteiger partial charge in [0.2, 0.25) is 5.91 Å². The standard InChI is InChI=1S/C27H45NO4/c1-17(5-8-25(32)28-13-4-14-29)20-6-7-21-19-16-24(31)23-15-18(30)9-11-27(23,3)22(19)10-12-26(20,21)2/h14,17-24,30-31H,4-13,15-16H2,1-3H3,(H,28,32)/t17?,18-,19?,20?,21?,22?,23?,24+,26-,27-/m1/s1. The van der Waals surface area contributed by atoms with Crippen molar-refractivity contribution in [1.29, 1.82) is 0 Å². The molecule has 182 valence electrons. The Balaban J connectivity index is 1.42. The Morgan fingerprint density at radius 3 is 2.50 bits per heavy atom. The van der Waals surface area contributed by atoms with Crippen LogP contribution in [-0.4, -0.2) is 41.2 Å². The Kier molecular flexibility index (Phi) is 7.08. The molecule has 5 heteroatoms. The van der Waals surface area contributed by atoms with Crippen LogP contribution in [-0.2, 0) is 9.59 Å². The van der Waals surface area contributed by atoms with E-state index < -0.39 is 0 Å². The SMILES string of the molecule is CC(CCC(=O)NCCC=O)C1CCC2C3C[C@H](O)C4C[C@H](O)CC[C@]4(C)C3CC[C@]12C. The number of amides is 1. The molecule has 32 heavy (non-hydrogen) atoms. The second-order valence-electron chi connectivity index (χ2n) is 12.3. The lowest BCUT2D eigenvalue weighted by atomic mass is 9.44. The molecular formula is C27H45NO4. The fourth-order valence-corrected chi connectivity index (χ4v) is 9.17. The number of aldehydes is 1. The summed E-state index contributed by atoms with van der Waals surface area (Å²) in [6.45, 7) is 7.71. The highest BCUT2D eigenvalue weighted by atomic mass is 16.3. The highest BCUT2D eigenvalue weighted by molar-refractivity contribution is 5.76. The third-order valence-corrected chi connectivity index (χ3v) is 10.8. The molecule has 4 aliphatic carbocycles. The van der Waals surface area contributed by atoms with Crippen molar-refractivity contribution in [3.63, 3.8) is 0 Å². The quantitative estimate of drug-likeness (QED) is 0.405. The molecule has 4 fully saturated rings. The summed E-state index contributed by atoms with van der Waals surface area (Å²) in [7, 11) is 0. The first-order valence-electron chi connectivity index (χ1n) is 13.3. The van der Waals surface area contributed by atoms with E-state index in [1.807, 2.05) is 0 Å². The number of carbonyl (C=O) groups is 2. The average molecular weight is 448 g/mol. The fourth-order valence-electron chi connectivity index (χ4n) is 9.17. The van der Waals surface area contributed by atoms with Crippen molar-refractivity contribution in [3.05, 3.63) is 0 Å². The maximum Gasteiger partial charge on any atom is 0.220 e. The zero-order chi connectivity index (χ0) is 23.1. The number of rotatable bonds is 7. The number of hydrogen-bond donors (Lipinski definition) is 3. The second kappa shape index (κ2) is 9.37. The predicted octanol–water partition coefficient (Wildman–Crippen LogP) is 4.10. The Bertz CT molecular complexity index is 697. The van der Waals surface area contributed by atoms with Gasteiger partial charge in [-0.15, -0.1) is 0 Å². The van der Waals surface area contributed by atoms with Gasteiger partial charge in [-0.05, 0) is 104 Å². The monoisotopic (exact) mass is 447 g/mol. The van der Waals surface area contributed by atoms with Gasteiger partial charge in [-0.3, -0.25) is 4.79 Å². The lowest BCUT2D eigenvalue weighted by molar-refractivity contribution is -0.172. The molecule has 1 amide bonds. The minimum atomic E-state index is -0.273. The molecule has 10 atom stereocenters. The first-order chi connectivity index (χ1) is 15.2. The third kappa shape index (κ3) is 4.17. The summed E-state index contributed by atoms with van der Waals surface area (Å²) in [6.07, 6.45) is 10.8. The Labute approximate surface area is 194 Å². The van der Waals surface area contributed by atoms with Crippen LogP contribution in [0.2, 0.25) is 0 Å². The van der Waals surface area contributed by atoms with Crippen LogP contribution in [0.5, 0.6) is 0 Å². The van der Waals surface area contributed by atoms with Crippen LogP contribution in [0.3, 0.4) is 0 Å². The number of carbonyl (C=O) groups excluding carboxylic acids is 2. The van der Waals surface area contributed by atoms with Crippen LogP contribution >= 0.6 is 0 Å². The molecule has 0 heterocycles. The van der Waals surface area contributed by atoms with E-state index in [9.17, 15) is 19.8 Å². The summed E-state index contributed by atoms with van der Waals surface area (Å²) < 4.78 is 0. The largest absolute Gasteiger partial charge is 0.393 e. The molecule has 4 aliphatic rings. The van der Waals surface area contributed by atoms with Crippen molar-refractivity contribution in [1.82, 2.24) is 5.32 Å². The van der Waals surface area contributed by atoms with Gasteiger partial charge < -0.3 is 20.3 Å². The van der Waals surface area contributed by atoms with Gasteiger partial charge in [0.25, 0.3) is 0 Å². The normalized spacial score (nSPS) is 46.5. The maximum atomic E-state index is 12.1. The van der Waals surface area contributed by atoms with Crippen molar-refractivity contribution in [3.8, 4) is 0 Å². The van der Waals surface area contributed by atoms with Crippen molar-refractivity contribution < 1.29 is 19.8 Å². The van der Waals surface area contributed by atoms with Crippen molar-refractivity contribution >= 4 is 12.2 Å². The molecule has 0 saturated heterocycles. The predicted molar refractivity (Wildman–Crippen MR) is 125 cm³/mol. The van der Waals surface area contributed by atoms with Crippen LogP contribution in [0.15, 0.2) is 0 Å². The van der Waals surface area contributed by atoms with Gasteiger partial charge in [0.15, 0.2) is 0 Å². The summed E-state index contributed by atoms with van der Waals surface area (Å²) in [5.41, 5.74) is 0.484. The van der Waals surface area contributed by atoms with Crippen LogP contribution in [0, 0.1) is 46.3 Å². The maximum absolute atomic E-state index is 12.1. The molecule has 3 N–H and O–H groups in total. The summed E-state index contributed by atoms with van der Waals surface area (Å²) in [5.74, 6) is 3.44. The number of nitrogens with one attached hydrogen (secondary N) is 1. The third-order valence-electron chi connectivity index (χ3n) is 10.8. The Morgan fingerprint density at radius 2 is 1.75 bits per heavy atom. The zero-order valence-electron chi connectivity index (χ0n) is 20.4. The summed E-state index contributed by atoms with van der Waals surface area (Å²) in [4.78, 5) is 22.6. The van der Waals surface area contributed by atoms with Gasteiger partial charge in [0.1, 0.15) is 6.29 Å². The Hall–Kier alpha value is -0.940. The van der Waals surface area contributed by atoms with Crippen molar-refractivity contribution in [2.24, 2.45) is 46.3 Å². The molecule has 0 spiro atoms. The molecule has 0 aliphatic heterocycles. The zero-order valence-corrected chi connectivity index (χ0v) is 20.4. The molecule has 0 aromatic rings. The van der Waals surface area contributed by atoms with Gasteiger partial charge in [-0.25, -0.2) is 0 Å². The van der Waals surface area contributed by atoms with E-state index in [0.29, 0.717) is 54.4 Å². The van der Waals surface area contributed by atoms with E-state index in [4.69, 9.17) is 0 Å². The molecule has 4 rings (SSSR count). The van der Waals surface area contributed by atoms with Gasteiger partial charge in [0.05, 0.1) is 12.2 Å². The number of aliphatic hydroxyl groups excluding tert-OH is 2. The Morgan fingerprint density at radius 1 is 1.03 bits per heavy atom. The molecule has 5 nitrogen and oxygen atoms in total. The summed E-state index contributed by atoms with van der Waals surface area (Å²) in [6, 6.07) is 0. The topological polar surface area (TPSA) is 86.6 Å². The van der Waals surface area contributed by atoms with E-state index in [2.05, 4.69) is 26.1 Å².